The number of ether oxygens (including phenoxy) is 1. The van der Waals surface area contributed by atoms with Crippen LogP contribution in [0.25, 0.3) is 0 Å². The van der Waals surface area contributed by atoms with E-state index in [2.05, 4.69) is 4.90 Å². The Morgan fingerprint density at radius 2 is 2.11 bits per heavy atom. The molecular formula is C14H26N2O3. The molecule has 1 fully saturated rings. The summed E-state index contributed by atoms with van der Waals surface area (Å²) in [5, 5.41) is 0. The molecule has 5 nitrogen and oxygen atoms in total. The fourth-order valence-corrected chi connectivity index (χ4v) is 2.08. The van der Waals surface area contributed by atoms with Gasteiger partial charge in [0.2, 0.25) is 0 Å². The van der Waals surface area contributed by atoms with Gasteiger partial charge in [-0.25, -0.2) is 0 Å². The molecule has 1 unspecified atom stereocenters. The topological polar surface area (TPSA) is 72.6 Å². The van der Waals surface area contributed by atoms with Crippen LogP contribution in [0.1, 0.15) is 46.5 Å². The monoisotopic (exact) mass is 270 g/mol. The van der Waals surface area contributed by atoms with E-state index in [-0.39, 0.29) is 5.97 Å². The van der Waals surface area contributed by atoms with E-state index < -0.39 is 11.6 Å². The molecule has 0 aromatic carbocycles. The van der Waals surface area contributed by atoms with Gasteiger partial charge in [0.15, 0.2) is 0 Å². The molecule has 5 heteroatoms. The van der Waals surface area contributed by atoms with Crippen molar-refractivity contribution >= 4 is 11.8 Å². The largest absolute Gasteiger partial charge is 0.459 e. The number of hydrogen-bond donors (Lipinski definition) is 1. The van der Waals surface area contributed by atoms with Gasteiger partial charge in [-0.3, -0.25) is 14.5 Å². The Morgan fingerprint density at radius 1 is 1.42 bits per heavy atom. The Balaban J connectivity index is 2.11. The van der Waals surface area contributed by atoms with Crippen molar-refractivity contribution in [3.63, 3.8) is 0 Å². The van der Waals surface area contributed by atoms with Crippen molar-refractivity contribution in [1.29, 1.82) is 0 Å². The van der Waals surface area contributed by atoms with Crippen LogP contribution >= 0.6 is 0 Å². The standard InChI is InChI=1S/C14H26N2O3/c1-14(2,3)19-13(18)12(15)6-4-5-8-16-9-7-11(17)10-16/h12H,4-10,15H2,1-3H3. The van der Waals surface area contributed by atoms with E-state index in [0.717, 1.165) is 25.9 Å². The summed E-state index contributed by atoms with van der Waals surface area (Å²) in [5.41, 5.74) is 5.32. The molecule has 0 amide bonds. The molecule has 0 saturated carbocycles. The molecule has 0 aromatic heterocycles. The van der Waals surface area contributed by atoms with Crippen LogP contribution in [0.2, 0.25) is 0 Å². The zero-order valence-electron chi connectivity index (χ0n) is 12.3. The van der Waals surface area contributed by atoms with Gasteiger partial charge < -0.3 is 10.5 Å². The highest BCUT2D eigenvalue weighted by Gasteiger charge is 2.22. The van der Waals surface area contributed by atoms with E-state index in [9.17, 15) is 9.59 Å². The summed E-state index contributed by atoms with van der Waals surface area (Å²) < 4.78 is 5.23. The number of nitrogens with zero attached hydrogens (tertiary/aromatic N) is 1. The molecule has 1 rings (SSSR count). The molecule has 1 atom stereocenters. The van der Waals surface area contributed by atoms with E-state index in [1.54, 1.807) is 0 Å². The number of carbonyl (C=O) groups excluding carboxylic acids is 2. The molecule has 2 N–H and O–H groups in total. The van der Waals surface area contributed by atoms with Gasteiger partial charge in [-0.1, -0.05) is 6.42 Å². The molecule has 1 heterocycles. The maximum atomic E-state index is 11.6. The SMILES string of the molecule is CC(C)(C)OC(=O)C(N)CCCCN1CCC(=O)C1. The number of hydrogen-bond acceptors (Lipinski definition) is 5. The van der Waals surface area contributed by atoms with Gasteiger partial charge in [0.05, 0.1) is 6.54 Å². The Hall–Kier alpha value is -0.940. The third-order valence-electron chi connectivity index (χ3n) is 3.06. The highest BCUT2D eigenvalue weighted by molar-refractivity contribution is 5.82. The van der Waals surface area contributed by atoms with Crippen molar-refractivity contribution in [2.24, 2.45) is 5.73 Å². The van der Waals surface area contributed by atoms with Crippen molar-refractivity contribution in [1.82, 2.24) is 4.90 Å². The van der Waals surface area contributed by atoms with E-state index in [4.69, 9.17) is 10.5 Å². The number of nitrogens with two attached hydrogens (primary N) is 1. The van der Waals surface area contributed by atoms with Crippen LogP contribution in [0.4, 0.5) is 0 Å². The van der Waals surface area contributed by atoms with Crippen molar-refractivity contribution in [2.75, 3.05) is 19.6 Å². The quantitative estimate of drug-likeness (QED) is 0.578. The zero-order chi connectivity index (χ0) is 14.5. The minimum atomic E-state index is -0.542. The summed E-state index contributed by atoms with van der Waals surface area (Å²) in [6, 6.07) is -0.542. The van der Waals surface area contributed by atoms with Gasteiger partial charge in [-0.05, 0) is 40.2 Å². The summed E-state index contributed by atoms with van der Waals surface area (Å²) >= 11 is 0. The van der Waals surface area contributed by atoms with Crippen molar-refractivity contribution < 1.29 is 14.3 Å². The van der Waals surface area contributed by atoms with Gasteiger partial charge in [0, 0.05) is 13.0 Å². The maximum absolute atomic E-state index is 11.6. The number of unbranched alkanes of at least 4 members (excludes halogenated alkanes) is 1. The molecule has 1 aliphatic heterocycles. The van der Waals surface area contributed by atoms with Crippen molar-refractivity contribution in [3.05, 3.63) is 0 Å². The molecule has 1 saturated heterocycles. The second-order valence-electron chi connectivity index (χ2n) is 6.20. The summed E-state index contributed by atoms with van der Waals surface area (Å²) in [5.74, 6) is -0.00527. The Labute approximate surface area is 115 Å². The third-order valence-corrected chi connectivity index (χ3v) is 3.06. The third kappa shape index (κ3) is 6.68. The second kappa shape index (κ2) is 7.01. The van der Waals surface area contributed by atoms with Gasteiger partial charge in [0.25, 0.3) is 0 Å². The summed E-state index contributed by atoms with van der Waals surface area (Å²) in [6.45, 7) is 7.87. The lowest BCUT2D eigenvalue weighted by atomic mass is 10.1. The Kier molecular flexibility index (Phi) is 5.94. The Morgan fingerprint density at radius 3 is 2.63 bits per heavy atom. The zero-order valence-corrected chi connectivity index (χ0v) is 12.3. The highest BCUT2D eigenvalue weighted by Crippen LogP contribution is 2.11. The molecule has 19 heavy (non-hydrogen) atoms. The molecule has 0 radical (unpaired) electrons. The molecular weight excluding hydrogens is 244 g/mol. The lowest BCUT2D eigenvalue weighted by Gasteiger charge is -2.22. The fraction of sp³-hybridized carbons (Fsp3) is 0.857. The minimum Gasteiger partial charge on any atom is -0.459 e. The van der Waals surface area contributed by atoms with E-state index in [1.165, 1.54) is 0 Å². The van der Waals surface area contributed by atoms with E-state index in [1.807, 2.05) is 20.8 Å². The summed E-state index contributed by atoms with van der Waals surface area (Å²) in [7, 11) is 0. The molecule has 110 valence electrons. The first-order valence-electron chi connectivity index (χ1n) is 7.00. The number of esters is 1. The number of ketones is 1. The van der Waals surface area contributed by atoms with Crippen LogP contribution in [0.5, 0.6) is 0 Å². The molecule has 0 bridgehead atoms. The van der Waals surface area contributed by atoms with Crippen molar-refractivity contribution in [3.8, 4) is 0 Å². The molecule has 0 spiro atoms. The smallest absolute Gasteiger partial charge is 0.323 e. The lowest BCUT2D eigenvalue weighted by molar-refractivity contribution is -0.156. The van der Waals surface area contributed by atoms with Crippen LogP contribution in [-0.2, 0) is 14.3 Å². The average Bonchev–Trinajstić information content (AvgIpc) is 2.68. The van der Waals surface area contributed by atoms with Gasteiger partial charge in [0.1, 0.15) is 17.4 Å². The number of likely N-dealkylation sites (tertiary alicyclic amines) is 1. The van der Waals surface area contributed by atoms with Gasteiger partial charge in [-0.15, -0.1) is 0 Å². The summed E-state index contributed by atoms with van der Waals surface area (Å²) in [6.07, 6.45) is 3.16. The first kappa shape index (κ1) is 16.1. The predicted octanol–water partition coefficient (Wildman–Crippen LogP) is 1.10. The molecule has 1 aliphatic rings. The number of Topliss-reactive ketones (excluding diaryl/α,β-unsaturated/α-hetero) is 1. The lowest BCUT2D eigenvalue weighted by Crippen LogP contribution is -2.37. The highest BCUT2D eigenvalue weighted by atomic mass is 16.6. The first-order valence-corrected chi connectivity index (χ1v) is 7.00. The minimum absolute atomic E-state index is 0.324. The first-order chi connectivity index (χ1) is 8.78. The van der Waals surface area contributed by atoms with Crippen molar-refractivity contribution in [2.45, 2.75) is 58.1 Å². The predicted molar refractivity (Wildman–Crippen MR) is 73.7 cm³/mol. The van der Waals surface area contributed by atoms with Crippen LogP contribution in [0.3, 0.4) is 0 Å². The van der Waals surface area contributed by atoms with Gasteiger partial charge in [-0.2, -0.15) is 0 Å². The van der Waals surface area contributed by atoms with Crippen LogP contribution in [0.15, 0.2) is 0 Å². The molecule has 0 aromatic rings. The normalized spacial score (nSPS) is 18.6. The van der Waals surface area contributed by atoms with Crippen LogP contribution in [-0.4, -0.2) is 47.9 Å². The second-order valence-corrected chi connectivity index (χ2v) is 6.20. The van der Waals surface area contributed by atoms with Crippen LogP contribution < -0.4 is 5.73 Å². The Bertz CT molecular complexity index is 323. The summed E-state index contributed by atoms with van der Waals surface area (Å²) in [4.78, 5) is 24.9. The van der Waals surface area contributed by atoms with Crippen LogP contribution in [0, 0.1) is 0 Å². The number of rotatable bonds is 6. The van der Waals surface area contributed by atoms with E-state index >= 15 is 0 Å². The van der Waals surface area contributed by atoms with E-state index in [0.29, 0.717) is 25.2 Å². The number of carbonyl (C=O) groups is 2. The van der Waals surface area contributed by atoms with Gasteiger partial charge >= 0.3 is 5.97 Å². The molecule has 0 aliphatic carbocycles. The fourth-order valence-electron chi connectivity index (χ4n) is 2.08. The average molecular weight is 270 g/mol. The maximum Gasteiger partial charge on any atom is 0.323 e.